The molecule has 0 radical (unpaired) electrons. The molecule has 0 saturated heterocycles. The highest BCUT2D eigenvalue weighted by atomic mass is 15.4. The normalized spacial score (nSPS) is 19.5. The van der Waals surface area contributed by atoms with Crippen molar-refractivity contribution in [2.24, 2.45) is 5.73 Å². The second-order valence-corrected chi connectivity index (χ2v) is 4.31. The number of rotatable bonds is 1. The van der Waals surface area contributed by atoms with E-state index in [1.54, 1.807) is 0 Å². The predicted molar refractivity (Wildman–Crippen MR) is 58.3 cm³/mol. The van der Waals surface area contributed by atoms with E-state index in [0.717, 1.165) is 18.8 Å². The van der Waals surface area contributed by atoms with Gasteiger partial charge in [0.25, 0.3) is 0 Å². The van der Waals surface area contributed by atoms with E-state index < -0.39 is 0 Å². The van der Waals surface area contributed by atoms with Crippen LogP contribution in [0.4, 0.5) is 5.82 Å². The first kappa shape index (κ1) is 8.76. The fraction of sp³-hybridized carbons (Fsp3) is 0.600. The third-order valence-corrected chi connectivity index (χ3v) is 3.40. The molecule has 0 amide bonds. The van der Waals surface area contributed by atoms with Crippen LogP contribution in [0.2, 0.25) is 0 Å². The summed E-state index contributed by atoms with van der Waals surface area (Å²) in [6, 6.07) is 0. The average molecular weight is 205 g/mol. The summed E-state index contributed by atoms with van der Waals surface area (Å²) in [6.07, 6.45) is 4.80. The van der Waals surface area contributed by atoms with Crippen LogP contribution >= 0.6 is 0 Å². The van der Waals surface area contributed by atoms with Crippen LogP contribution in [0.5, 0.6) is 0 Å². The smallest absolute Gasteiger partial charge is 0.215 e. The predicted octanol–water partition coefficient (Wildman–Crippen LogP) is 0.860. The lowest BCUT2D eigenvalue weighted by atomic mass is 9.81. The molecule has 1 aromatic heterocycles. The molecule has 1 aliphatic carbocycles. The standard InChI is InChI=1S/C10H15N5/c11-10(12)15-9-7(4-5-13-9)8(14-15)6-2-1-3-6/h6,13H,1-5H2,(H3,11,12). The Morgan fingerprint density at radius 1 is 1.53 bits per heavy atom. The Morgan fingerprint density at radius 3 is 2.93 bits per heavy atom. The largest absolute Gasteiger partial charge is 0.369 e. The molecule has 4 N–H and O–H groups in total. The minimum Gasteiger partial charge on any atom is -0.369 e. The van der Waals surface area contributed by atoms with Gasteiger partial charge in [0.05, 0.1) is 5.69 Å². The van der Waals surface area contributed by atoms with Crippen LogP contribution in [0.3, 0.4) is 0 Å². The summed E-state index contributed by atoms with van der Waals surface area (Å²) < 4.78 is 1.54. The number of nitrogens with one attached hydrogen (secondary N) is 2. The minimum atomic E-state index is 0.00576. The van der Waals surface area contributed by atoms with Crippen molar-refractivity contribution >= 4 is 11.8 Å². The van der Waals surface area contributed by atoms with Gasteiger partial charge >= 0.3 is 0 Å². The molecule has 15 heavy (non-hydrogen) atoms. The molecule has 80 valence electrons. The molecule has 0 unspecified atom stereocenters. The van der Waals surface area contributed by atoms with E-state index in [0.29, 0.717) is 5.92 Å². The fourth-order valence-electron chi connectivity index (χ4n) is 2.39. The summed E-state index contributed by atoms with van der Waals surface area (Å²) in [6.45, 7) is 0.945. The number of anilines is 1. The van der Waals surface area contributed by atoms with Crippen molar-refractivity contribution in [3.05, 3.63) is 11.3 Å². The molecule has 0 atom stereocenters. The van der Waals surface area contributed by atoms with E-state index in [-0.39, 0.29) is 5.96 Å². The Labute approximate surface area is 88.2 Å². The summed E-state index contributed by atoms with van der Waals surface area (Å²) in [5, 5.41) is 15.2. The molecule has 2 aliphatic rings. The van der Waals surface area contributed by atoms with E-state index in [1.807, 2.05) is 0 Å². The van der Waals surface area contributed by atoms with Gasteiger partial charge in [-0.15, -0.1) is 0 Å². The molecular weight excluding hydrogens is 190 g/mol. The lowest BCUT2D eigenvalue weighted by molar-refractivity contribution is 0.407. The van der Waals surface area contributed by atoms with Gasteiger partial charge in [-0.25, -0.2) is 0 Å². The summed E-state index contributed by atoms with van der Waals surface area (Å²) in [4.78, 5) is 0. The Kier molecular flexibility index (Phi) is 1.74. The second kappa shape index (κ2) is 2.98. The van der Waals surface area contributed by atoms with Crippen molar-refractivity contribution in [1.82, 2.24) is 9.78 Å². The van der Waals surface area contributed by atoms with Crippen LogP contribution in [0.25, 0.3) is 0 Å². The van der Waals surface area contributed by atoms with Crippen molar-refractivity contribution < 1.29 is 0 Å². The average Bonchev–Trinajstić information content (AvgIpc) is 2.63. The zero-order chi connectivity index (χ0) is 10.4. The van der Waals surface area contributed by atoms with Gasteiger partial charge in [-0.2, -0.15) is 9.78 Å². The Balaban J connectivity index is 2.07. The SMILES string of the molecule is N=C(N)n1nc(C2CCC2)c2c1NCC2. The van der Waals surface area contributed by atoms with Crippen molar-refractivity contribution in [2.75, 3.05) is 11.9 Å². The lowest BCUT2D eigenvalue weighted by Gasteiger charge is -2.24. The Morgan fingerprint density at radius 2 is 2.33 bits per heavy atom. The van der Waals surface area contributed by atoms with Gasteiger partial charge in [0.1, 0.15) is 5.82 Å². The number of nitrogens with zero attached hydrogens (tertiary/aromatic N) is 2. The number of hydrogen-bond acceptors (Lipinski definition) is 3. The van der Waals surface area contributed by atoms with E-state index in [4.69, 9.17) is 11.1 Å². The molecule has 5 nitrogen and oxygen atoms in total. The molecule has 5 heteroatoms. The minimum absolute atomic E-state index is 0.00576. The van der Waals surface area contributed by atoms with E-state index in [2.05, 4.69) is 10.4 Å². The molecule has 0 spiro atoms. The first-order valence-corrected chi connectivity index (χ1v) is 5.47. The molecule has 3 rings (SSSR count). The van der Waals surface area contributed by atoms with Crippen LogP contribution < -0.4 is 11.1 Å². The van der Waals surface area contributed by atoms with Gasteiger partial charge < -0.3 is 11.1 Å². The first-order valence-electron chi connectivity index (χ1n) is 5.47. The second-order valence-electron chi connectivity index (χ2n) is 4.31. The molecule has 1 fully saturated rings. The van der Waals surface area contributed by atoms with Gasteiger partial charge in [-0.05, 0) is 19.3 Å². The van der Waals surface area contributed by atoms with E-state index in [1.165, 1.54) is 35.2 Å². The highest BCUT2D eigenvalue weighted by Crippen LogP contribution is 2.40. The molecule has 0 bridgehead atoms. The third-order valence-electron chi connectivity index (χ3n) is 3.40. The van der Waals surface area contributed by atoms with Crippen LogP contribution in [0.1, 0.15) is 36.4 Å². The quantitative estimate of drug-likeness (QED) is 0.470. The summed E-state index contributed by atoms with van der Waals surface area (Å²) >= 11 is 0. The maximum atomic E-state index is 7.47. The van der Waals surface area contributed by atoms with Gasteiger partial charge in [-0.3, -0.25) is 5.41 Å². The topological polar surface area (TPSA) is 79.7 Å². The van der Waals surface area contributed by atoms with Gasteiger partial charge in [0.2, 0.25) is 5.96 Å². The molecular formula is C10H15N5. The highest BCUT2D eigenvalue weighted by molar-refractivity contribution is 5.81. The molecule has 1 saturated carbocycles. The first-order chi connectivity index (χ1) is 7.27. The summed E-state index contributed by atoms with van der Waals surface area (Å²) in [5.41, 5.74) is 7.97. The number of aromatic nitrogens is 2. The van der Waals surface area contributed by atoms with Crippen LogP contribution in [0.15, 0.2) is 0 Å². The zero-order valence-electron chi connectivity index (χ0n) is 8.58. The maximum absolute atomic E-state index is 7.47. The Bertz CT molecular complexity index is 416. The van der Waals surface area contributed by atoms with Crippen molar-refractivity contribution in [3.63, 3.8) is 0 Å². The monoisotopic (exact) mass is 205 g/mol. The molecule has 1 aliphatic heterocycles. The van der Waals surface area contributed by atoms with Gasteiger partial charge in [0.15, 0.2) is 0 Å². The van der Waals surface area contributed by atoms with Crippen LogP contribution in [-0.2, 0) is 6.42 Å². The molecule has 1 aromatic rings. The van der Waals surface area contributed by atoms with E-state index in [9.17, 15) is 0 Å². The molecule has 0 aromatic carbocycles. The van der Waals surface area contributed by atoms with Crippen LogP contribution in [0, 0.1) is 5.41 Å². The number of nitrogens with two attached hydrogens (primary N) is 1. The summed E-state index contributed by atoms with van der Waals surface area (Å²) in [5.74, 6) is 1.56. The molecule has 2 heterocycles. The number of fused-ring (bicyclic) bond motifs is 1. The Hall–Kier alpha value is -1.52. The zero-order valence-corrected chi connectivity index (χ0v) is 8.58. The summed E-state index contributed by atoms with van der Waals surface area (Å²) in [7, 11) is 0. The van der Waals surface area contributed by atoms with Crippen LogP contribution in [-0.4, -0.2) is 22.3 Å². The number of nitrogen functional groups attached to an aromatic ring is 1. The fourth-order valence-corrected chi connectivity index (χ4v) is 2.39. The van der Waals surface area contributed by atoms with Crippen molar-refractivity contribution in [2.45, 2.75) is 31.6 Å². The maximum Gasteiger partial charge on any atom is 0.215 e. The highest BCUT2D eigenvalue weighted by Gasteiger charge is 2.30. The lowest BCUT2D eigenvalue weighted by Crippen LogP contribution is -2.24. The van der Waals surface area contributed by atoms with Gasteiger partial charge in [0, 0.05) is 18.0 Å². The van der Waals surface area contributed by atoms with E-state index >= 15 is 0 Å². The number of hydrogen-bond donors (Lipinski definition) is 3. The van der Waals surface area contributed by atoms with Crippen molar-refractivity contribution in [1.29, 1.82) is 5.41 Å². The third kappa shape index (κ3) is 1.15. The van der Waals surface area contributed by atoms with Crippen molar-refractivity contribution in [3.8, 4) is 0 Å². The van der Waals surface area contributed by atoms with Gasteiger partial charge in [-0.1, -0.05) is 6.42 Å².